The summed E-state index contributed by atoms with van der Waals surface area (Å²) in [5, 5.41) is 0.0228. The van der Waals surface area contributed by atoms with Gasteiger partial charge in [-0.15, -0.1) is 0 Å². The maximum atomic E-state index is 12.8. The molecule has 1 aliphatic heterocycles. The van der Waals surface area contributed by atoms with Gasteiger partial charge >= 0.3 is 0 Å². The highest BCUT2D eigenvalue weighted by atomic mass is 35.5. The molecule has 170 valence electrons. The average molecular weight is 476 g/mol. The molecule has 1 fully saturated rings. The fourth-order valence-electron chi connectivity index (χ4n) is 3.36. The van der Waals surface area contributed by atoms with Gasteiger partial charge in [0.25, 0.3) is 11.1 Å². The molecular weight excluding hydrogens is 450 g/mol. The monoisotopic (exact) mass is 475 g/mol. The fourth-order valence-corrected chi connectivity index (χ4v) is 4.52. The van der Waals surface area contributed by atoms with E-state index in [9.17, 15) is 9.59 Å². The standard InChI is InChI=1S/C24H26ClNO5S/c1-14(2)17-7-6-15(3)10-19(17)31-9-8-26-23(27)21(32-24(26)28)13-16-11-18(25)22(30-5)20(12-16)29-4/h6-7,10-14H,8-9H2,1-5H3/b21-13-. The highest BCUT2D eigenvalue weighted by molar-refractivity contribution is 8.18. The van der Waals surface area contributed by atoms with Crippen LogP contribution in [0.5, 0.6) is 17.2 Å². The van der Waals surface area contributed by atoms with Gasteiger partial charge in [-0.3, -0.25) is 14.5 Å². The summed E-state index contributed by atoms with van der Waals surface area (Å²) in [6.07, 6.45) is 1.62. The fraction of sp³-hybridized carbons (Fsp3) is 0.333. The third-order valence-corrected chi connectivity index (χ3v) is 6.18. The molecule has 0 aliphatic carbocycles. The summed E-state index contributed by atoms with van der Waals surface area (Å²) in [4.78, 5) is 26.8. The molecule has 1 heterocycles. The van der Waals surface area contributed by atoms with E-state index in [1.54, 1.807) is 18.2 Å². The smallest absolute Gasteiger partial charge is 0.293 e. The first-order chi connectivity index (χ1) is 15.2. The molecule has 1 aliphatic rings. The van der Waals surface area contributed by atoms with E-state index in [1.807, 2.05) is 25.1 Å². The van der Waals surface area contributed by atoms with Gasteiger partial charge in [-0.2, -0.15) is 0 Å². The molecule has 0 N–H and O–H groups in total. The lowest BCUT2D eigenvalue weighted by molar-refractivity contribution is -0.123. The summed E-state index contributed by atoms with van der Waals surface area (Å²) in [7, 11) is 3.00. The summed E-state index contributed by atoms with van der Waals surface area (Å²) in [5.74, 6) is 1.58. The number of benzene rings is 2. The van der Waals surface area contributed by atoms with Gasteiger partial charge in [0.2, 0.25) is 0 Å². The van der Waals surface area contributed by atoms with E-state index in [0.717, 1.165) is 28.6 Å². The van der Waals surface area contributed by atoms with Crippen molar-refractivity contribution in [3.63, 3.8) is 0 Å². The third kappa shape index (κ3) is 5.22. The van der Waals surface area contributed by atoms with Crippen LogP contribution in [0.2, 0.25) is 5.02 Å². The Morgan fingerprint density at radius 1 is 1.09 bits per heavy atom. The van der Waals surface area contributed by atoms with Gasteiger partial charge in [0, 0.05) is 0 Å². The van der Waals surface area contributed by atoms with Gasteiger partial charge in [0.15, 0.2) is 11.5 Å². The minimum absolute atomic E-state index is 0.167. The number of thioether (sulfide) groups is 1. The van der Waals surface area contributed by atoms with E-state index >= 15 is 0 Å². The first-order valence-corrected chi connectivity index (χ1v) is 11.3. The molecule has 2 aromatic carbocycles. The molecule has 8 heteroatoms. The van der Waals surface area contributed by atoms with Gasteiger partial charge in [-0.05, 0) is 65.6 Å². The van der Waals surface area contributed by atoms with Gasteiger partial charge in [0.1, 0.15) is 12.4 Å². The zero-order valence-electron chi connectivity index (χ0n) is 18.7. The zero-order chi connectivity index (χ0) is 23.4. The topological polar surface area (TPSA) is 65.1 Å². The number of carbonyl (C=O) groups is 2. The summed E-state index contributed by atoms with van der Waals surface area (Å²) >= 11 is 7.14. The molecule has 0 saturated carbocycles. The Morgan fingerprint density at radius 3 is 2.50 bits per heavy atom. The lowest BCUT2D eigenvalue weighted by atomic mass is 10.0. The van der Waals surface area contributed by atoms with Crippen LogP contribution in [0, 0.1) is 6.92 Å². The van der Waals surface area contributed by atoms with E-state index in [1.165, 1.54) is 19.1 Å². The number of amides is 2. The number of hydrogen-bond acceptors (Lipinski definition) is 6. The van der Waals surface area contributed by atoms with Crippen molar-refractivity contribution in [1.82, 2.24) is 4.90 Å². The van der Waals surface area contributed by atoms with Crippen LogP contribution < -0.4 is 14.2 Å². The lowest BCUT2D eigenvalue weighted by Gasteiger charge is -2.17. The molecule has 6 nitrogen and oxygen atoms in total. The number of hydrogen-bond donors (Lipinski definition) is 0. The van der Waals surface area contributed by atoms with Crippen molar-refractivity contribution < 1.29 is 23.8 Å². The summed E-state index contributed by atoms with van der Waals surface area (Å²) in [6, 6.07) is 9.43. The van der Waals surface area contributed by atoms with Crippen molar-refractivity contribution >= 4 is 40.6 Å². The second-order valence-corrected chi connectivity index (χ2v) is 9.02. The van der Waals surface area contributed by atoms with Gasteiger partial charge < -0.3 is 14.2 Å². The molecular formula is C24H26ClNO5S. The Balaban J connectivity index is 1.72. The van der Waals surface area contributed by atoms with Crippen LogP contribution in [0.1, 0.15) is 36.5 Å². The van der Waals surface area contributed by atoms with Crippen LogP contribution in [-0.4, -0.2) is 43.4 Å². The van der Waals surface area contributed by atoms with Crippen molar-refractivity contribution in [2.45, 2.75) is 26.7 Å². The van der Waals surface area contributed by atoms with E-state index in [0.29, 0.717) is 32.9 Å². The molecule has 0 bridgehead atoms. The second kappa shape index (κ2) is 10.3. The van der Waals surface area contributed by atoms with E-state index in [2.05, 4.69) is 13.8 Å². The Morgan fingerprint density at radius 2 is 1.84 bits per heavy atom. The van der Waals surface area contributed by atoms with Gasteiger partial charge in [-0.1, -0.05) is 37.6 Å². The molecule has 1 saturated heterocycles. The maximum Gasteiger partial charge on any atom is 0.293 e. The maximum absolute atomic E-state index is 12.8. The summed E-state index contributed by atoms with van der Waals surface area (Å²) in [6.45, 7) is 6.58. The highest BCUT2D eigenvalue weighted by Gasteiger charge is 2.35. The number of carbonyl (C=O) groups excluding carboxylic acids is 2. The third-order valence-electron chi connectivity index (χ3n) is 4.99. The average Bonchev–Trinajstić information content (AvgIpc) is 3.00. The van der Waals surface area contributed by atoms with Gasteiger partial charge in [0.05, 0.1) is 30.7 Å². The van der Waals surface area contributed by atoms with Crippen LogP contribution in [0.4, 0.5) is 4.79 Å². The van der Waals surface area contributed by atoms with Crippen molar-refractivity contribution in [1.29, 1.82) is 0 Å². The lowest BCUT2D eigenvalue weighted by Crippen LogP contribution is -2.32. The highest BCUT2D eigenvalue weighted by Crippen LogP contribution is 2.38. The van der Waals surface area contributed by atoms with Crippen LogP contribution >= 0.6 is 23.4 Å². The predicted molar refractivity (Wildman–Crippen MR) is 128 cm³/mol. The second-order valence-electron chi connectivity index (χ2n) is 7.62. The molecule has 3 rings (SSSR count). The molecule has 2 amide bonds. The van der Waals surface area contributed by atoms with Crippen LogP contribution in [0.15, 0.2) is 35.2 Å². The van der Waals surface area contributed by atoms with E-state index in [-0.39, 0.29) is 24.3 Å². The van der Waals surface area contributed by atoms with E-state index < -0.39 is 0 Å². The first kappa shape index (κ1) is 24.0. The number of ether oxygens (including phenoxy) is 3. The number of halogens is 1. The molecule has 0 unspecified atom stereocenters. The molecule has 0 radical (unpaired) electrons. The number of imide groups is 1. The summed E-state index contributed by atoms with van der Waals surface area (Å²) < 4.78 is 16.5. The molecule has 32 heavy (non-hydrogen) atoms. The van der Waals surface area contributed by atoms with Crippen LogP contribution in [0.25, 0.3) is 6.08 Å². The zero-order valence-corrected chi connectivity index (χ0v) is 20.3. The molecule has 0 atom stereocenters. The quantitative estimate of drug-likeness (QED) is 0.442. The Bertz CT molecular complexity index is 1070. The van der Waals surface area contributed by atoms with Crippen molar-refractivity contribution in [2.75, 3.05) is 27.4 Å². The normalized spacial score (nSPS) is 15.1. The van der Waals surface area contributed by atoms with Crippen molar-refractivity contribution in [3.05, 3.63) is 56.9 Å². The van der Waals surface area contributed by atoms with Crippen LogP contribution in [0.3, 0.4) is 0 Å². The van der Waals surface area contributed by atoms with Gasteiger partial charge in [-0.25, -0.2) is 0 Å². The predicted octanol–water partition coefficient (Wildman–Crippen LogP) is 5.90. The Labute approximate surface area is 197 Å². The van der Waals surface area contributed by atoms with Crippen molar-refractivity contribution in [3.8, 4) is 17.2 Å². The molecule has 0 aromatic heterocycles. The largest absolute Gasteiger partial charge is 0.493 e. The first-order valence-electron chi connectivity index (χ1n) is 10.1. The Hall–Kier alpha value is -2.64. The number of rotatable bonds is 8. The number of nitrogens with zero attached hydrogens (tertiary/aromatic N) is 1. The summed E-state index contributed by atoms with van der Waals surface area (Å²) in [5.41, 5.74) is 2.82. The SMILES string of the molecule is COc1cc(/C=C2\SC(=O)N(CCOc3cc(C)ccc3C(C)C)C2=O)cc(Cl)c1OC. The minimum atomic E-state index is -0.358. The van der Waals surface area contributed by atoms with Crippen molar-refractivity contribution in [2.24, 2.45) is 0 Å². The van der Waals surface area contributed by atoms with Crippen LogP contribution in [-0.2, 0) is 4.79 Å². The molecule has 0 spiro atoms. The van der Waals surface area contributed by atoms with E-state index in [4.69, 9.17) is 25.8 Å². The number of methoxy groups -OCH3 is 2. The minimum Gasteiger partial charge on any atom is -0.493 e. The number of aryl methyl sites for hydroxylation is 1. The molecule has 2 aromatic rings. The Kier molecular flexibility index (Phi) is 7.74.